The standard InChI is InChI=1S/C28H32FNO4S/c1-7-22-19-9-8-10-21(29)26(19)25-17(3)24(18-11-13-28(4,5)14-12-18)20(15-23(31)32)16(2)27(25)30(22)35(6,33)34/h8-13,22H,7,14-15H2,1-6H3,(H,31,32)/t22-/m0/s1. The largest absolute Gasteiger partial charge is 0.481 e. The molecule has 0 aromatic heterocycles. The average molecular weight is 498 g/mol. The summed E-state index contributed by atoms with van der Waals surface area (Å²) in [5, 5.41) is 9.79. The predicted octanol–water partition coefficient (Wildman–Crippen LogP) is 6.34. The van der Waals surface area contributed by atoms with Gasteiger partial charge in [-0.1, -0.05) is 51.1 Å². The molecule has 1 aliphatic heterocycles. The van der Waals surface area contributed by atoms with Crippen LogP contribution in [0.5, 0.6) is 0 Å². The van der Waals surface area contributed by atoms with Crippen LogP contribution in [0.15, 0.2) is 36.4 Å². The molecule has 1 aliphatic carbocycles. The van der Waals surface area contributed by atoms with Gasteiger partial charge in [0.1, 0.15) is 5.82 Å². The third-order valence-corrected chi connectivity index (χ3v) is 8.33. The maximum Gasteiger partial charge on any atom is 0.307 e. The summed E-state index contributed by atoms with van der Waals surface area (Å²) in [6, 6.07) is 4.21. The minimum absolute atomic E-state index is 0.0201. The van der Waals surface area contributed by atoms with Crippen LogP contribution in [-0.2, 0) is 21.2 Å². The fraction of sp³-hybridized carbons (Fsp3) is 0.393. The maximum absolute atomic E-state index is 15.5. The topological polar surface area (TPSA) is 74.7 Å². The van der Waals surface area contributed by atoms with Crippen LogP contribution in [0, 0.1) is 25.1 Å². The van der Waals surface area contributed by atoms with Gasteiger partial charge < -0.3 is 5.11 Å². The van der Waals surface area contributed by atoms with Crippen molar-refractivity contribution in [2.45, 2.75) is 59.9 Å². The third kappa shape index (κ3) is 4.20. The fourth-order valence-corrected chi connectivity index (χ4v) is 6.83. The highest BCUT2D eigenvalue weighted by Gasteiger charge is 2.40. The van der Waals surface area contributed by atoms with Crippen molar-refractivity contribution in [3.8, 4) is 11.1 Å². The van der Waals surface area contributed by atoms with Gasteiger partial charge in [0.25, 0.3) is 0 Å². The lowest BCUT2D eigenvalue weighted by molar-refractivity contribution is -0.136. The average Bonchev–Trinajstić information content (AvgIpc) is 2.75. The molecular weight excluding hydrogens is 465 g/mol. The first-order valence-electron chi connectivity index (χ1n) is 11.8. The molecule has 1 heterocycles. The monoisotopic (exact) mass is 497 g/mol. The Morgan fingerprint density at radius 2 is 1.86 bits per heavy atom. The molecule has 0 radical (unpaired) electrons. The summed E-state index contributed by atoms with van der Waals surface area (Å²) in [5.41, 5.74) is 5.34. The quantitative estimate of drug-likeness (QED) is 0.523. The Hall–Kier alpha value is -2.93. The van der Waals surface area contributed by atoms with E-state index >= 15 is 4.39 Å². The second-order valence-electron chi connectivity index (χ2n) is 10.3. The van der Waals surface area contributed by atoms with E-state index < -0.39 is 27.9 Å². The van der Waals surface area contributed by atoms with E-state index in [9.17, 15) is 18.3 Å². The van der Waals surface area contributed by atoms with E-state index in [1.165, 1.54) is 10.4 Å². The van der Waals surface area contributed by atoms with Crippen LogP contribution in [0.25, 0.3) is 16.7 Å². The third-order valence-electron chi connectivity index (χ3n) is 7.18. The number of aliphatic carboxylic acids is 1. The number of anilines is 1. The first kappa shape index (κ1) is 25.2. The number of hydrogen-bond acceptors (Lipinski definition) is 3. The van der Waals surface area contributed by atoms with E-state index in [2.05, 4.69) is 26.0 Å². The number of sulfonamides is 1. The number of carbonyl (C=O) groups is 1. The van der Waals surface area contributed by atoms with Crippen LogP contribution in [0.1, 0.15) is 67.5 Å². The van der Waals surface area contributed by atoms with Gasteiger partial charge in [-0.05, 0) is 71.6 Å². The summed E-state index contributed by atoms with van der Waals surface area (Å²) in [6.45, 7) is 9.72. The first-order valence-corrected chi connectivity index (χ1v) is 13.7. The number of carboxylic acids is 1. The predicted molar refractivity (Wildman–Crippen MR) is 139 cm³/mol. The van der Waals surface area contributed by atoms with E-state index in [0.29, 0.717) is 45.5 Å². The molecule has 5 nitrogen and oxygen atoms in total. The molecule has 0 saturated heterocycles. The van der Waals surface area contributed by atoms with Gasteiger partial charge in [-0.2, -0.15) is 0 Å². The van der Waals surface area contributed by atoms with Crippen molar-refractivity contribution < 1.29 is 22.7 Å². The van der Waals surface area contributed by atoms with E-state index in [1.54, 1.807) is 19.1 Å². The normalized spacial score (nSPS) is 18.7. The lowest BCUT2D eigenvalue weighted by atomic mass is 9.76. The van der Waals surface area contributed by atoms with Gasteiger partial charge >= 0.3 is 5.97 Å². The number of hydrogen-bond donors (Lipinski definition) is 1. The molecule has 1 atom stereocenters. The second-order valence-corrected chi connectivity index (χ2v) is 12.1. The molecule has 0 spiro atoms. The lowest BCUT2D eigenvalue weighted by Gasteiger charge is -2.41. The first-order chi connectivity index (χ1) is 16.3. The lowest BCUT2D eigenvalue weighted by Crippen LogP contribution is -2.38. The Kier molecular flexibility index (Phi) is 6.20. The number of nitrogens with zero attached hydrogens (tertiary/aromatic N) is 1. The van der Waals surface area contributed by atoms with Crippen LogP contribution in [0.4, 0.5) is 10.1 Å². The fourth-order valence-electron chi connectivity index (χ4n) is 5.55. The Morgan fingerprint density at radius 1 is 1.17 bits per heavy atom. The van der Waals surface area contributed by atoms with Crippen molar-refractivity contribution in [2.75, 3.05) is 10.6 Å². The Labute approximate surface area is 207 Å². The van der Waals surface area contributed by atoms with Gasteiger partial charge in [0.15, 0.2) is 0 Å². The van der Waals surface area contributed by atoms with Gasteiger partial charge in [-0.15, -0.1) is 0 Å². The van der Waals surface area contributed by atoms with Crippen LogP contribution < -0.4 is 4.31 Å². The Balaban J connectivity index is 2.18. The van der Waals surface area contributed by atoms with Crippen molar-refractivity contribution in [3.63, 3.8) is 0 Å². The molecule has 0 amide bonds. The molecular formula is C28H32FNO4S. The minimum Gasteiger partial charge on any atom is -0.481 e. The highest BCUT2D eigenvalue weighted by Crippen LogP contribution is 2.53. The molecule has 2 aromatic rings. The summed E-state index contributed by atoms with van der Waals surface area (Å²) in [4.78, 5) is 12.0. The zero-order valence-electron chi connectivity index (χ0n) is 21.1. The molecule has 186 valence electrons. The van der Waals surface area contributed by atoms with E-state index in [0.717, 1.165) is 23.8 Å². The van der Waals surface area contributed by atoms with Gasteiger partial charge in [-0.25, -0.2) is 12.8 Å². The minimum atomic E-state index is -3.76. The van der Waals surface area contributed by atoms with Crippen molar-refractivity contribution in [3.05, 3.63) is 70.1 Å². The Bertz CT molecular complexity index is 1400. The van der Waals surface area contributed by atoms with Crippen LogP contribution in [0.3, 0.4) is 0 Å². The molecule has 0 bridgehead atoms. The number of rotatable bonds is 5. The number of fused-ring (bicyclic) bond motifs is 3. The molecule has 2 aromatic carbocycles. The summed E-state index contributed by atoms with van der Waals surface area (Å²) in [7, 11) is -3.76. The van der Waals surface area contributed by atoms with E-state index in [1.807, 2.05) is 19.9 Å². The smallest absolute Gasteiger partial charge is 0.307 e. The number of halogens is 1. The summed E-state index contributed by atoms with van der Waals surface area (Å²) in [6.07, 6.45) is 8.30. The SMILES string of the molecule is CC[C@H]1c2cccc(F)c2-c2c(C)c(C3=CCC(C)(C)C=C3)c(CC(=O)O)c(C)c2N1S(C)(=O)=O. The van der Waals surface area contributed by atoms with Crippen molar-refractivity contribution in [2.24, 2.45) is 5.41 Å². The molecule has 4 rings (SSSR count). The number of carboxylic acid groups (broad SMARTS) is 1. The van der Waals surface area contributed by atoms with Crippen molar-refractivity contribution in [1.29, 1.82) is 0 Å². The molecule has 35 heavy (non-hydrogen) atoms. The molecule has 0 saturated carbocycles. The number of allylic oxidation sites excluding steroid dienone is 4. The van der Waals surface area contributed by atoms with Crippen LogP contribution in [-0.4, -0.2) is 25.7 Å². The van der Waals surface area contributed by atoms with Gasteiger partial charge in [0.05, 0.1) is 24.4 Å². The molecule has 7 heteroatoms. The summed E-state index contributed by atoms with van der Waals surface area (Å²) in [5.74, 6) is -1.42. The summed E-state index contributed by atoms with van der Waals surface area (Å²) < 4.78 is 43.2. The highest BCUT2D eigenvalue weighted by atomic mass is 32.2. The zero-order valence-corrected chi connectivity index (χ0v) is 21.9. The second kappa shape index (κ2) is 8.63. The van der Waals surface area contributed by atoms with E-state index in [4.69, 9.17) is 0 Å². The van der Waals surface area contributed by atoms with Crippen LogP contribution >= 0.6 is 0 Å². The van der Waals surface area contributed by atoms with Gasteiger partial charge in [0.2, 0.25) is 10.0 Å². The van der Waals surface area contributed by atoms with Gasteiger partial charge in [0, 0.05) is 11.1 Å². The van der Waals surface area contributed by atoms with Crippen molar-refractivity contribution >= 4 is 27.3 Å². The van der Waals surface area contributed by atoms with Crippen molar-refractivity contribution in [1.82, 2.24) is 0 Å². The maximum atomic E-state index is 15.5. The zero-order chi connectivity index (χ0) is 25.9. The molecule has 1 N–H and O–H groups in total. The molecule has 0 unspecified atom stereocenters. The summed E-state index contributed by atoms with van der Waals surface area (Å²) >= 11 is 0. The molecule has 2 aliphatic rings. The van der Waals surface area contributed by atoms with Gasteiger partial charge in [-0.3, -0.25) is 9.10 Å². The highest BCUT2D eigenvalue weighted by molar-refractivity contribution is 7.92. The number of benzene rings is 2. The van der Waals surface area contributed by atoms with E-state index in [-0.39, 0.29) is 11.8 Å². The van der Waals surface area contributed by atoms with Crippen LogP contribution in [0.2, 0.25) is 0 Å². The Morgan fingerprint density at radius 3 is 2.40 bits per heavy atom. The molecule has 0 fully saturated rings.